The predicted molar refractivity (Wildman–Crippen MR) is 132 cm³/mol. The minimum atomic E-state index is -0.400. The number of piperidine rings is 1. The van der Waals surface area contributed by atoms with E-state index in [1.807, 2.05) is 0 Å². The van der Waals surface area contributed by atoms with Gasteiger partial charge in [0.1, 0.15) is 5.52 Å². The van der Waals surface area contributed by atoms with E-state index in [2.05, 4.69) is 32.4 Å². The first-order chi connectivity index (χ1) is 16.5. The first-order valence-corrected chi connectivity index (χ1v) is 12.3. The van der Waals surface area contributed by atoms with E-state index >= 15 is 0 Å². The fourth-order valence-electron chi connectivity index (χ4n) is 4.37. The molecule has 0 aliphatic carbocycles. The van der Waals surface area contributed by atoms with Gasteiger partial charge < -0.3 is 25.0 Å². The molecular weight excluding hydrogens is 434 g/mol. The second-order valence-electron chi connectivity index (χ2n) is 8.65. The lowest BCUT2D eigenvalue weighted by molar-refractivity contribution is -0.150. The number of hydrogen-bond donors (Lipinski definition) is 2. The highest BCUT2D eigenvalue weighted by atomic mass is 16.5. The summed E-state index contributed by atoms with van der Waals surface area (Å²) in [7, 11) is 1.54. The van der Waals surface area contributed by atoms with Gasteiger partial charge in [0.25, 0.3) is 0 Å². The number of amides is 2. The van der Waals surface area contributed by atoms with E-state index in [0.29, 0.717) is 42.2 Å². The van der Waals surface area contributed by atoms with Gasteiger partial charge >= 0.3 is 12.0 Å². The molecule has 2 aromatic rings. The van der Waals surface area contributed by atoms with E-state index in [4.69, 9.17) is 9.47 Å². The van der Waals surface area contributed by atoms with E-state index < -0.39 is 5.92 Å². The van der Waals surface area contributed by atoms with Gasteiger partial charge in [-0.05, 0) is 38.4 Å². The molecule has 2 amide bonds. The third-order valence-corrected chi connectivity index (χ3v) is 6.20. The molecule has 9 nitrogen and oxygen atoms in total. The van der Waals surface area contributed by atoms with Crippen LogP contribution in [-0.2, 0) is 9.53 Å². The fourth-order valence-corrected chi connectivity index (χ4v) is 4.37. The van der Waals surface area contributed by atoms with Crippen LogP contribution < -0.4 is 15.4 Å². The Hall–Kier alpha value is -2.94. The number of carbonyl (C=O) groups is 2. The molecule has 3 rings (SSSR count). The summed E-state index contributed by atoms with van der Waals surface area (Å²) >= 11 is 0. The molecular formula is C25H37N5O4. The minimum Gasteiger partial charge on any atom is -0.481 e. The van der Waals surface area contributed by atoms with Crippen LogP contribution >= 0.6 is 0 Å². The second kappa shape index (κ2) is 13.1. The molecule has 0 radical (unpaired) electrons. The van der Waals surface area contributed by atoms with Crippen molar-refractivity contribution in [1.82, 2.24) is 20.2 Å². The number of likely N-dealkylation sites (tertiary alicyclic amines) is 1. The third-order valence-electron chi connectivity index (χ3n) is 6.20. The van der Waals surface area contributed by atoms with Crippen LogP contribution in [0.3, 0.4) is 0 Å². The van der Waals surface area contributed by atoms with Crippen molar-refractivity contribution in [1.29, 1.82) is 0 Å². The Morgan fingerprint density at radius 1 is 1.15 bits per heavy atom. The van der Waals surface area contributed by atoms with Crippen LogP contribution in [0.5, 0.6) is 5.88 Å². The molecule has 186 valence electrons. The Morgan fingerprint density at radius 2 is 1.97 bits per heavy atom. The zero-order chi connectivity index (χ0) is 24.3. The van der Waals surface area contributed by atoms with Gasteiger partial charge in [-0.25, -0.2) is 9.78 Å². The normalized spacial score (nSPS) is 18.4. The number of carbonyl (C=O) groups excluding carboxylic acids is 2. The quantitative estimate of drug-likeness (QED) is 0.377. The van der Waals surface area contributed by atoms with Crippen LogP contribution in [0.25, 0.3) is 11.0 Å². The maximum absolute atomic E-state index is 12.9. The number of aromatic nitrogens is 2. The molecule has 2 aromatic heterocycles. The Morgan fingerprint density at radius 3 is 2.74 bits per heavy atom. The van der Waals surface area contributed by atoms with Crippen LogP contribution in [0.1, 0.15) is 52.4 Å². The number of methoxy groups -OCH3 is 1. The number of ether oxygens (including phenoxy) is 2. The third kappa shape index (κ3) is 7.03. The van der Waals surface area contributed by atoms with Gasteiger partial charge in [-0.15, -0.1) is 0 Å². The van der Waals surface area contributed by atoms with Crippen LogP contribution in [0.2, 0.25) is 0 Å². The predicted octanol–water partition coefficient (Wildman–Crippen LogP) is 3.98. The largest absolute Gasteiger partial charge is 0.481 e. The van der Waals surface area contributed by atoms with Gasteiger partial charge in [0.2, 0.25) is 5.88 Å². The van der Waals surface area contributed by atoms with Crippen molar-refractivity contribution >= 4 is 28.7 Å². The molecule has 1 saturated heterocycles. The average Bonchev–Trinajstić information content (AvgIpc) is 2.84. The number of anilines is 1. The Labute approximate surface area is 201 Å². The van der Waals surface area contributed by atoms with Crippen molar-refractivity contribution < 1.29 is 19.1 Å². The highest BCUT2D eigenvalue weighted by Gasteiger charge is 2.36. The monoisotopic (exact) mass is 471 g/mol. The summed E-state index contributed by atoms with van der Waals surface area (Å²) in [5.74, 6) is -0.222. The Balaban J connectivity index is 1.63. The molecule has 2 N–H and O–H groups in total. The first kappa shape index (κ1) is 25.7. The maximum atomic E-state index is 12.9. The first-order valence-electron chi connectivity index (χ1n) is 12.3. The Bertz CT molecular complexity index is 954. The second-order valence-corrected chi connectivity index (χ2v) is 8.65. The lowest BCUT2D eigenvalue weighted by Gasteiger charge is -2.37. The standard InChI is InChI=1S/C25H37N5O4/c1-4-6-7-8-9-15-30-16-13-19(18(17-30)24(31)34-5-2)27-25(32)28-21-12-14-26-20-10-11-22(33-3)29-23(20)21/h10-12,14,18-19H,4-9,13,15-17H2,1-3H3,(H2,26,27,28,32)/t18-,19-/m1/s1. The van der Waals surface area contributed by atoms with Crippen molar-refractivity contribution in [3.63, 3.8) is 0 Å². The molecule has 0 aromatic carbocycles. The van der Waals surface area contributed by atoms with Crippen LogP contribution in [0.4, 0.5) is 10.5 Å². The maximum Gasteiger partial charge on any atom is 0.319 e. The molecule has 0 unspecified atom stereocenters. The summed E-state index contributed by atoms with van der Waals surface area (Å²) in [6.45, 7) is 6.73. The number of fused-ring (bicyclic) bond motifs is 1. The van der Waals surface area contributed by atoms with Crippen molar-refractivity contribution in [2.45, 2.75) is 58.4 Å². The van der Waals surface area contributed by atoms with E-state index in [-0.39, 0.29) is 18.0 Å². The number of urea groups is 1. The van der Waals surface area contributed by atoms with Gasteiger partial charge in [-0.1, -0.05) is 32.6 Å². The van der Waals surface area contributed by atoms with E-state index in [0.717, 1.165) is 19.5 Å². The van der Waals surface area contributed by atoms with E-state index in [1.165, 1.54) is 32.8 Å². The highest BCUT2D eigenvalue weighted by molar-refractivity contribution is 5.98. The Kier molecular flexibility index (Phi) is 9.88. The number of nitrogens with one attached hydrogen (secondary N) is 2. The lowest BCUT2D eigenvalue weighted by Crippen LogP contribution is -2.54. The fraction of sp³-hybridized carbons (Fsp3) is 0.600. The summed E-state index contributed by atoms with van der Waals surface area (Å²) in [5.41, 5.74) is 1.71. The van der Waals surface area contributed by atoms with Crippen molar-refractivity contribution in [3.8, 4) is 5.88 Å². The van der Waals surface area contributed by atoms with E-state index in [1.54, 1.807) is 31.3 Å². The molecule has 1 aliphatic rings. The highest BCUT2D eigenvalue weighted by Crippen LogP contribution is 2.23. The van der Waals surface area contributed by atoms with Crippen LogP contribution in [0, 0.1) is 5.92 Å². The topological polar surface area (TPSA) is 106 Å². The van der Waals surface area contributed by atoms with Crippen molar-refractivity contribution in [2.24, 2.45) is 5.92 Å². The van der Waals surface area contributed by atoms with Gasteiger partial charge in [0.15, 0.2) is 0 Å². The molecule has 0 spiro atoms. The smallest absolute Gasteiger partial charge is 0.319 e. The number of rotatable bonds is 11. The van der Waals surface area contributed by atoms with Crippen molar-refractivity contribution in [3.05, 3.63) is 24.4 Å². The summed E-state index contributed by atoms with van der Waals surface area (Å²) in [4.78, 5) is 36.6. The molecule has 0 saturated carbocycles. The van der Waals surface area contributed by atoms with Gasteiger partial charge in [0, 0.05) is 31.4 Å². The van der Waals surface area contributed by atoms with Crippen LogP contribution in [-0.4, -0.2) is 66.3 Å². The molecule has 9 heteroatoms. The minimum absolute atomic E-state index is 0.260. The average molecular weight is 472 g/mol. The summed E-state index contributed by atoms with van der Waals surface area (Å²) < 4.78 is 10.5. The lowest BCUT2D eigenvalue weighted by atomic mass is 9.92. The van der Waals surface area contributed by atoms with E-state index in [9.17, 15) is 9.59 Å². The molecule has 3 heterocycles. The zero-order valence-corrected chi connectivity index (χ0v) is 20.5. The number of esters is 1. The van der Waals surface area contributed by atoms with Gasteiger partial charge in [0.05, 0.1) is 30.8 Å². The molecule has 2 atom stereocenters. The summed E-state index contributed by atoms with van der Waals surface area (Å²) in [6, 6.07) is 4.52. The zero-order valence-electron chi connectivity index (χ0n) is 20.5. The molecule has 1 aliphatic heterocycles. The molecule has 0 bridgehead atoms. The van der Waals surface area contributed by atoms with Crippen LogP contribution in [0.15, 0.2) is 24.4 Å². The number of nitrogens with zero attached hydrogens (tertiary/aromatic N) is 3. The van der Waals surface area contributed by atoms with Gasteiger partial charge in [-0.3, -0.25) is 9.78 Å². The molecule has 1 fully saturated rings. The summed E-state index contributed by atoms with van der Waals surface area (Å²) in [5, 5.41) is 5.86. The number of hydrogen-bond acceptors (Lipinski definition) is 7. The number of pyridine rings is 2. The number of unbranched alkanes of at least 4 members (excludes halogenated alkanes) is 4. The van der Waals surface area contributed by atoms with Gasteiger partial charge in [-0.2, -0.15) is 0 Å². The molecule has 34 heavy (non-hydrogen) atoms. The summed E-state index contributed by atoms with van der Waals surface area (Å²) in [6.07, 6.45) is 8.38. The van der Waals surface area contributed by atoms with Crippen molar-refractivity contribution in [2.75, 3.05) is 38.7 Å². The SMILES string of the molecule is CCCCCCCN1CC[C@@H](NC(=O)Nc2ccnc3ccc(OC)nc23)[C@H](C(=O)OCC)C1.